The molecular formula is C27H26N4O2. The summed E-state index contributed by atoms with van der Waals surface area (Å²) in [6.07, 6.45) is 2.40. The van der Waals surface area contributed by atoms with Crippen molar-refractivity contribution in [3.63, 3.8) is 0 Å². The number of hydrogen-bond donors (Lipinski definition) is 1. The van der Waals surface area contributed by atoms with Gasteiger partial charge >= 0.3 is 0 Å². The number of anilines is 1. The van der Waals surface area contributed by atoms with Gasteiger partial charge in [0.2, 0.25) is 17.5 Å². The number of rotatable bonds is 7. The molecule has 1 fully saturated rings. The Kier molecular flexibility index (Phi) is 5.97. The van der Waals surface area contributed by atoms with E-state index in [-0.39, 0.29) is 11.7 Å². The maximum absolute atomic E-state index is 9.71. The lowest BCUT2D eigenvalue weighted by Gasteiger charge is -2.28. The van der Waals surface area contributed by atoms with Gasteiger partial charge in [0.25, 0.3) is 0 Å². The first-order valence-corrected chi connectivity index (χ1v) is 11.3. The van der Waals surface area contributed by atoms with Gasteiger partial charge in [-0.2, -0.15) is 10.2 Å². The van der Waals surface area contributed by atoms with E-state index in [2.05, 4.69) is 45.5 Å². The maximum Gasteiger partial charge on any atom is 0.232 e. The highest BCUT2D eigenvalue weighted by Crippen LogP contribution is 2.32. The van der Waals surface area contributed by atoms with E-state index < -0.39 is 0 Å². The van der Waals surface area contributed by atoms with Gasteiger partial charge in [-0.25, -0.2) is 0 Å². The predicted molar refractivity (Wildman–Crippen MR) is 129 cm³/mol. The Morgan fingerprint density at radius 2 is 1.82 bits per heavy atom. The highest BCUT2D eigenvalue weighted by atomic mass is 16.5. The van der Waals surface area contributed by atoms with Crippen molar-refractivity contribution in [2.45, 2.75) is 18.9 Å². The summed E-state index contributed by atoms with van der Waals surface area (Å²) in [6.45, 7) is 2.73. The van der Waals surface area contributed by atoms with E-state index in [9.17, 15) is 5.26 Å². The van der Waals surface area contributed by atoms with E-state index in [0.29, 0.717) is 18.3 Å². The number of likely N-dealkylation sites (tertiary alicyclic amines) is 1. The van der Waals surface area contributed by atoms with Crippen LogP contribution in [0, 0.1) is 11.3 Å². The minimum atomic E-state index is 0.163. The number of methoxy groups -OCH3 is 1. The second-order valence-corrected chi connectivity index (χ2v) is 8.25. The largest absolute Gasteiger partial charge is 0.497 e. The molecule has 1 aliphatic rings. The number of hydrogen-bond acceptors (Lipinski definition) is 6. The van der Waals surface area contributed by atoms with Crippen molar-refractivity contribution in [3.8, 4) is 23.3 Å². The first-order chi connectivity index (χ1) is 16.3. The minimum Gasteiger partial charge on any atom is -0.497 e. The average Bonchev–Trinajstić information content (AvgIpc) is 3.55. The quantitative estimate of drug-likeness (QED) is 0.403. The number of oxazole rings is 1. The second kappa shape index (κ2) is 9.35. The van der Waals surface area contributed by atoms with Gasteiger partial charge in [-0.1, -0.05) is 48.5 Å². The van der Waals surface area contributed by atoms with E-state index >= 15 is 0 Å². The third-order valence-corrected chi connectivity index (χ3v) is 6.29. The number of fused-ring (bicyclic) bond motifs is 1. The van der Waals surface area contributed by atoms with Crippen LogP contribution in [0.5, 0.6) is 5.75 Å². The molecule has 0 unspecified atom stereocenters. The summed E-state index contributed by atoms with van der Waals surface area (Å²) in [5.41, 5.74) is 2.36. The topological polar surface area (TPSA) is 74.3 Å². The molecule has 0 spiro atoms. The van der Waals surface area contributed by atoms with Crippen molar-refractivity contribution in [2.75, 3.05) is 32.1 Å². The number of aromatic nitrogens is 1. The number of ether oxygens (including phenoxy) is 1. The van der Waals surface area contributed by atoms with E-state index in [1.807, 2.05) is 42.5 Å². The van der Waals surface area contributed by atoms with Gasteiger partial charge in [-0.15, -0.1) is 0 Å². The lowest BCUT2D eigenvalue weighted by Crippen LogP contribution is -2.31. The summed E-state index contributed by atoms with van der Waals surface area (Å²) in [7, 11) is 1.68. The molecular weight excluding hydrogens is 412 g/mol. The van der Waals surface area contributed by atoms with Crippen molar-refractivity contribution in [3.05, 3.63) is 78.0 Å². The molecule has 0 bridgehead atoms. The van der Waals surface area contributed by atoms with E-state index in [0.717, 1.165) is 35.2 Å². The molecule has 0 radical (unpaired) electrons. The third-order valence-electron chi connectivity index (χ3n) is 6.29. The minimum absolute atomic E-state index is 0.163. The van der Waals surface area contributed by atoms with Crippen LogP contribution in [0.1, 0.15) is 30.1 Å². The Morgan fingerprint density at radius 1 is 1.06 bits per heavy atom. The zero-order valence-corrected chi connectivity index (χ0v) is 18.6. The molecule has 33 heavy (non-hydrogen) atoms. The van der Waals surface area contributed by atoms with Crippen molar-refractivity contribution in [1.29, 1.82) is 5.26 Å². The van der Waals surface area contributed by atoms with Crippen LogP contribution in [-0.4, -0.2) is 36.6 Å². The second-order valence-electron chi connectivity index (χ2n) is 8.25. The Balaban J connectivity index is 1.43. The molecule has 2 heterocycles. The van der Waals surface area contributed by atoms with E-state index in [4.69, 9.17) is 9.15 Å². The van der Waals surface area contributed by atoms with Gasteiger partial charge in [0.15, 0.2) is 0 Å². The molecule has 1 aliphatic heterocycles. The number of nitrogens with one attached hydrogen (secondary N) is 1. The summed E-state index contributed by atoms with van der Waals surface area (Å²) in [5, 5.41) is 15.2. The van der Waals surface area contributed by atoms with Crippen molar-refractivity contribution >= 4 is 16.7 Å². The monoisotopic (exact) mass is 438 g/mol. The molecule has 6 nitrogen and oxygen atoms in total. The van der Waals surface area contributed by atoms with Crippen LogP contribution in [0.3, 0.4) is 0 Å². The normalized spacial score (nSPS) is 14.8. The summed E-state index contributed by atoms with van der Waals surface area (Å²) in [5.74, 6) is 1.71. The molecule has 1 saturated heterocycles. The molecule has 4 aromatic rings. The summed E-state index contributed by atoms with van der Waals surface area (Å²) < 4.78 is 11.4. The van der Waals surface area contributed by atoms with Gasteiger partial charge in [0, 0.05) is 12.1 Å². The van der Waals surface area contributed by atoms with E-state index in [1.54, 1.807) is 7.11 Å². The van der Waals surface area contributed by atoms with E-state index in [1.165, 1.54) is 18.4 Å². The Hall–Kier alpha value is -3.82. The fourth-order valence-electron chi connectivity index (χ4n) is 4.57. The number of nitrogens with zero attached hydrogens (tertiary/aromatic N) is 3. The smallest absolute Gasteiger partial charge is 0.232 e. The average molecular weight is 439 g/mol. The number of nitriles is 1. The summed E-state index contributed by atoms with van der Waals surface area (Å²) in [4.78, 5) is 6.97. The standard InChI is InChI=1S/C27H26N4O2/c1-32-21-13-11-20(12-14-21)25(31-15-4-5-16-31)18-29-27-24(17-28)30-26(33-27)23-10-6-8-19-7-2-3-9-22(19)23/h2-3,6-14,25,29H,4-5,15-16,18H2,1H3/t25-/m0/s1. The molecule has 0 saturated carbocycles. The van der Waals surface area contributed by atoms with Gasteiger partial charge in [-0.3, -0.25) is 4.90 Å². The SMILES string of the molecule is COc1ccc([C@H](CNc2oc(-c3cccc4ccccc34)nc2C#N)N2CCCC2)cc1. The van der Waals surface area contributed by atoms with Gasteiger partial charge in [0.1, 0.15) is 11.8 Å². The Labute approximate surface area is 193 Å². The zero-order chi connectivity index (χ0) is 22.6. The third kappa shape index (κ3) is 4.28. The van der Waals surface area contributed by atoms with Crippen LogP contribution in [0.25, 0.3) is 22.2 Å². The molecule has 0 amide bonds. The Morgan fingerprint density at radius 3 is 2.58 bits per heavy atom. The molecule has 1 atom stereocenters. The summed E-state index contributed by atoms with van der Waals surface area (Å²) in [6, 6.07) is 24.7. The molecule has 3 aromatic carbocycles. The van der Waals surface area contributed by atoms with Crippen molar-refractivity contribution in [1.82, 2.24) is 9.88 Å². The zero-order valence-electron chi connectivity index (χ0n) is 18.6. The summed E-state index contributed by atoms with van der Waals surface area (Å²) >= 11 is 0. The molecule has 1 aromatic heterocycles. The Bertz CT molecular complexity index is 1280. The molecule has 0 aliphatic carbocycles. The molecule has 1 N–H and O–H groups in total. The molecule has 166 valence electrons. The lowest BCUT2D eigenvalue weighted by atomic mass is 10.0. The maximum atomic E-state index is 9.71. The van der Waals surface area contributed by atoms with Crippen LogP contribution in [0.4, 0.5) is 5.88 Å². The van der Waals surface area contributed by atoms with Crippen LogP contribution in [-0.2, 0) is 0 Å². The fraction of sp³-hybridized carbons (Fsp3) is 0.259. The van der Waals surface area contributed by atoms with Crippen LogP contribution in [0.2, 0.25) is 0 Å². The van der Waals surface area contributed by atoms with Gasteiger partial charge in [-0.05, 0) is 60.5 Å². The van der Waals surface area contributed by atoms with Crippen LogP contribution in [0.15, 0.2) is 71.1 Å². The molecule has 5 rings (SSSR count). The molecule has 6 heteroatoms. The predicted octanol–water partition coefficient (Wildman–Crippen LogP) is 5.62. The van der Waals surface area contributed by atoms with Crippen LogP contribution < -0.4 is 10.1 Å². The lowest BCUT2D eigenvalue weighted by molar-refractivity contribution is 0.255. The fourth-order valence-corrected chi connectivity index (χ4v) is 4.57. The van der Waals surface area contributed by atoms with Crippen molar-refractivity contribution < 1.29 is 9.15 Å². The first-order valence-electron chi connectivity index (χ1n) is 11.3. The first kappa shape index (κ1) is 21.0. The van der Waals surface area contributed by atoms with Crippen LogP contribution >= 0.6 is 0 Å². The van der Waals surface area contributed by atoms with Crippen molar-refractivity contribution in [2.24, 2.45) is 0 Å². The number of benzene rings is 3. The highest BCUT2D eigenvalue weighted by Gasteiger charge is 2.25. The highest BCUT2D eigenvalue weighted by molar-refractivity contribution is 5.94. The van der Waals surface area contributed by atoms with Gasteiger partial charge in [0.05, 0.1) is 13.2 Å². The van der Waals surface area contributed by atoms with Gasteiger partial charge < -0.3 is 14.5 Å².